The van der Waals surface area contributed by atoms with Crippen molar-refractivity contribution in [3.8, 4) is 5.88 Å². The van der Waals surface area contributed by atoms with Crippen molar-refractivity contribution >= 4 is 27.5 Å². The molecule has 0 radical (unpaired) electrons. The highest BCUT2D eigenvalue weighted by Gasteiger charge is 2.27. The number of nitrogens with one attached hydrogen (secondary N) is 1. The van der Waals surface area contributed by atoms with Gasteiger partial charge in [-0.1, -0.05) is 0 Å². The Hall–Kier alpha value is -1.82. The molecule has 1 aliphatic rings. The van der Waals surface area contributed by atoms with Crippen LogP contribution in [-0.4, -0.2) is 22.1 Å². The maximum Gasteiger partial charge on any atom is 0.272 e. The summed E-state index contributed by atoms with van der Waals surface area (Å²) in [7, 11) is 0. The standard InChI is InChI=1S/C15H16BrN3O2/c1-2-21-14-6-3-11(8-17-14)18-15(20)13-7-10(16)9-19(13)12-4-5-12/h3,6-9,12H,2,4-5H2,1H3,(H,18,20). The summed E-state index contributed by atoms with van der Waals surface area (Å²) in [6.45, 7) is 2.48. The molecule has 2 heterocycles. The van der Waals surface area contributed by atoms with Crippen molar-refractivity contribution in [2.75, 3.05) is 11.9 Å². The van der Waals surface area contributed by atoms with Gasteiger partial charge in [0, 0.05) is 22.8 Å². The summed E-state index contributed by atoms with van der Waals surface area (Å²) in [6.07, 6.45) is 5.82. The number of carbonyl (C=O) groups excluding carboxylic acids is 1. The fourth-order valence-electron chi connectivity index (χ4n) is 2.17. The van der Waals surface area contributed by atoms with Crippen molar-refractivity contribution in [2.45, 2.75) is 25.8 Å². The van der Waals surface area contributed by atoms with E-state index < -0.39 is 0 Å². The van der Waals surface area contributed by atoms with Crippen LogP contribution in [0.2, 0.25) is 0 Å². The van der Waals surface area contributed by atoms with Gasteiger partial charge in [0.05, 0.1) is 18.5 Å². The molecule has 21 heavy (non-hydrogen) atoms. The normalized spacial score (nSPS) is 14.0. The van der Waals surface area contributed by atoms with Gasteiger partial charge >= 0.3 is 0 Å². The Bertz CT molecular complexity index is 647. The minimum absolute atomic E-state index is 0.126. The van der Waals surface area contributed by atoms with Gasteiger partial charge in [0.2, 0.25) is 5.88 Å². The van der Waals surface area contributed by atoms with E-state index in [4.69, 9.17) is 4.74 Å². The Kier molecular flexibility index (Phi) is 3.96. The first-order valence-corrected chi connectivity index (χ1v) is 7.74. The van der Waals surface area contributed by atoms with E-state index in [1.807, 2.05) is 23.8 Å². The summed E-state index contributed by atoms with van der Waals surface area (Å²) in [5.41, 5.74) is 1.32. The Morgan fingerprint density at radius 1 is 1.52 bits per heavy atom. The molecule has 0 unspecified atom stereocenters. The summed E-state index contributed by atoms with van der Waals surface area (Å²) in [5.74, 6) is 0.429. The largest absolute Gasteiger partial charge is 0.478 e. The summed E-state index contributed by atoms with van der Waals surface area (Å²) in [6, 6.07) is 5.83. The van der Waals surface area contributed by atoms with E-state index in [1.54, 1.807) is 18.3 Å². The summed E-state index contributed by atoms with van der Waals surface area (Å²) < 4.78 is 8.23. The molecule has 0 bridgehead atoms. The van der Waals surface area contributed by atoms with Crippen LogP contribution in [0.15, 0.2) is 35.1 Å². The number of nitrogens with zero attached hydrogens (tertiary/aromatic N) is 2. The molecule has 1 amide bonds. The van der Waals surface area contributed by atoms with Gasteiger partial charge in [0.25, 0.3) is 5.91 Å². The van der Waals surface area contributed by atoms with Crippen molar-refractivity contribution < 1.29 is 9.53 Å². The van der Waals surface area contributed by atoms with E-state index in [2.05, 4.69) is 26.2 Å². The van der Waals surface area contributed by atoms with E-state index in [1.165, 1.54) is 0 Å². The van der Waals surface area contributed by atoms with Crippen molar-refractivity contribution in [3.05, 3.63) is 40.8 Å². The molecule has 5 nitrogen and oxygen atoms in total. The molecule has 1 fully saturated rings. The minimum atomic E-state index is -0.126. The summed E-state index contributed by atoms with van der Waals surface area (Å²) in [4.78, 5) is 16.5. The van der Waals surface area contributed by atoms with Crippen molar-refractivity contribution in [3.63, 3.8) is 0 Å². The van der Waals surface area contributed by atoms with Crippen LogP contribution in [-0.2, 0) is 0 Å². The van der Waals surface area contributed by atoms with Crippen LogP contribution < -0.4 is 10.1 Å². The number of pyridine rings is 1. The van der Waals surface area contributed by atoms with E-state index >= 15 is 0 Å². The molecule has 1 N–H and O–H groups in total. The predicted molar refractivity (Wildman–Crippen MR) is 83.8 cm³/mol. The Morgan fingerprint density at radius 3 is 2.95 bits per heavy atom. The molecule has 0 aliphatic heterocycles. The Balaban J connectivity index is 1.73. The van der Waals surface area contributed by atoms with Crippen LogP contribution >= 0.6 is 15.9 Å². The molecule has 6 heteroatoms. The second-order valence-corrected chi connectivity index (χ2v) is 5.87. The summed E-state index contributed by atoms with van der Waals surface area (Å²) >= 11 is 3.43. The fraction of sp³-hybridized carbons (Fsp3) is 0.333. The zero-order valence-corrected chi connectivity index (χ0v) is 13.3. The summed E-state index contributed by atoms with van der Waals surface area (Å²) in [5, 5.41) is 2.87. The van der Waals surface area contributed by atoms with E-state index in [9.17, 15) is 4.79 Å². The lowest BCUT2D eigenvalue weighted by molar-refractivity contribution is 0.101. The molecule has 0 atom stereocenters. The van der Waals surface area contributed by atoms with E-state index in [0.29, 0.717) is 29.9 Å². The third kappa shape index (κ3) is 3.26. The molecular weight excluding hydrogens is 334 g/mol. The predicted octanol–water partition coefficient (Wildman–Crippen LogP) is 3.63. The number of anilines is 1. The molecule has 2 aromatic rings. The van der Waals surface area contributed by atoms with Crippen LogP contribution in [0.4, 0.5) is 5.69 Å². The van der Waals surface area contributed by atoms with Gasteiger partial charge in [-0.05, 0) is 47.8 Å². The monoisotopic (exact) mass is 349 g/mol. The van der Waals surface area contributed by atoms with Gasteiger partial charge in [-0.25, -0.2) is 4.98 Å². The van der Waals surface area contributed by atoms with Gasteiger partial charge in [0.15, 0.2) is 0 Å². The van der Waals surface area contributed by atoms with Crippen LogP contribution in [0.3, 0.4) is 0 Å². The van der Waals surface area contributed by atoms with Gasteiger partial charge in [-0.3, -0.25) is 4.79 Å². The van der Waals surface area contributed by atoms with Gasteiger partial charge in [0.1, 0.15) is 5.69 Å². The molecule has 0 saturated heterocycles. The molecule has 110 valence electrons. The van der Waals surface area contributed by atoms with E-state index in [0.717, 1.165) is 17.3 Å². The highest BCUT2D eigenvalue weighted by atomic mass is 79.9. The molecular formula is C15H16BrN3O2. The van der Waals surface area contributed by atoms with E-state index in [-0.39, 0.29) is 5.91 Å². The maximum absolute atomic E-state index is 12.4. The first-order valence-electron chi connectivity index (χ1n) is 6.95. The molecule has 1 saturated carbocycles. The number of aromatic nitrogens is 2. The lowest BCUT2D eigenvalue weighted by Crippen LogP contribution is -2.16. The Morgan fingerprint density at radius 2 is 2.33 bits per heavy atom. The van der Waals surface area contributed by atoms with Gasteiger partial charge in [-0.2, -0.15) is 0 Å². The number of halogens is 1. The number of hydrogen-bond acceptors (Lipinski definition) is 3. The van der Waals surface area contributed by atoms with Gasteiger partial charge < -0.3 is 14.6 Å². The smallest absolute Gasteiger partial charge is 0.272 e. The molecule has 0 spiro atoms. The number of amides is 1. The SMILES string of the molecule is CCOc1ccc(NC(=O)c2cc(Br)cn2C2CC2)cn1. The lowest BCUT2D eigenvalue weighted by Gasteiger charge is -2.09. The first-order chi connectivity index (χ1) is 10.2. The number of hydrogen-bond donors (Lipinski definition) is 1. The van der Waals surface area contributed by atoms with Crippen LogP contribution in [0.1, 0.15) is 36.3 Å². The third-order valence-electron chi connectivity index (χ3n) is 3.27. The maximum atomic E-state index is 12.4. The zero-order chi connectivity index (χ0) is 14.8. The molecule has 3 rings (SSSR count). The number of rotatable bonds is 5. The second-order valence-electron chi connectivity index (χ2n) is 4.95. The lowest BCUT2D eigenvalue weighted by atomic mass is 10.3. The fourth-order valence-corrected chi connectivity index (χ4v) is 2.60. The second kappa shape index (κ2) is 5.89. The molecule has 1 aliphatic carbocycles. The Labute approximate surface area is 131 Å². The van der Waals surface area contributed by atoms with Crippen LogP contribution in [0.25, 0.3) is 0 Å². The quantitative estimate of drug-likeness (QED) is 0.896. The average Bonchev–Trinajstić information content (AvgIpc) is 3.24. The molecule has 2 aromatic heterocycles. The highest BCUT2D eigenvalue weighted by Crippen LogP contribution is 2.37. The topological polar surface area (TPSA) is 56.1 Å². The van der Waals surface area contributed by atoms with Crippen molar-refractivity contribution in [1.29, 1.82) is 0 Å². The first kappa shape index (κ1) is 14.1. The van der Waals surface area contributed by atoms with Crippen molar-refractivity contribution in [1.82, 2.24) is 9.55 Å². The number of ether oxygens (including phenoxy) is 1. The minimum Gasteiger partial charge on any atom is -0.478 e. The number of carbonyl (C=O) groups is 1. The zero-order valence-electron chi connectivity index (χ0n) is 11.7. The van der Waals surface area contributed by atoms with Crippen LogP contribution in [0, 0.1) is 0 Å². The average molecular weight is 350 g/mol. The third-order valence-corrected chi connectivity index (χ3v) is 3.71. The van der Waals surface area contributed by atoms with Gasteiger partial charge in [-0.15, -0.1) is 0 Å². The van der Waals surface area contributed by atoms with Crippen molar-refractivity contribution in [2.24, 2.45) is 0 Å². The molecule has 0 aromatic carbocycles. The van der Waals surface area contributed by atoms with Crippen LogP contribution in [0.5, 0.6) is 5.88 Å². The highest BCUT2D eigenvalue weighted by molar-refractivity contribution is 9.10.